The van der Waals surface area contributed by atoms with Crippen LogP contribution in [-0.2, 0) is 11.3 Å². The van der Waals surface area contributed by atoms with Crippen molar-refractivity contribution in [1.29, 1.82) is 0 Å². The van der Waals surface area contributed by atoms with Crippen LogP contribution in [0, 0.1) is 18.6 Å². The molecule has 2 aromatic rings. The number of hydrogen-bond donors (Lipinski definition) is 2. The van der Waals surface area contributed by atoms with Gasteiger partial charge in [-0.15, -0.1) is 0 Å². The zero-order valence-electron chi connectivity index (χ0n) is 14.5. The lowest BCUT2D eigenvalue weighted by Crippen LogP contribution is -2.45. The fraction of sp³-hybridized carbons (Fsp3) is 0.263. The molecule has 0 bridgehead atoms. The first kappa shape index (κ1) is 17.8. The van der Waals surface area contributed by atoms with E-state index in [0.29, 0.717) is 11.3 Å². The van der Waals surface area contributed by atoms with Crippen molar-refractivity contribution in [2.24, 2.45) is 0 Å². The highest BCUT2D eigenvalue weighted by Crippen LogP contribution is 2.24. The Hall–Kier alpha value is -2.96. The Bertz CT molecular complexity index is 870. The standard InChI is InChI=1S/C19H19F2N3O2/c1-11-7-14(20)3-5-16(11)12(2)22-18(25)10-24-9-13-8-15(21)4-6-17(13)23-19(24)26/h3-8,12H,9-10H2,1-2H3,(H,22,25)(H,23,26)/t12-/m0/s1. The van der Waals surface area contributed by atoms with Gasteiger partial charge >= 0.3 is 6.03 Å². The van der Waals surface area contributed by atoms with Crippen molar-refractivity contribution in [3.8, 4) is 0 Å². The highest BCUT2D eigenvalue weighted by Gasteiger charge is 2.25. The maximum Gasteiger partial charge on any atom is 0.322 e. The first-order valence-corrected chi connectivity index (χ1v) is 8.23. The highest BCUT2D eigenvalue weighted by molar-refractivity contribution is 5.94. The number of carbonyl (C=O) groups is 2. The van der Waals surface area contributed by atoms with Crippen LogP contribution in [0.2, 0.25) is 0 Å². The summed E-state index contributed by atoms with van der Waals surface area (Å²) in [6.45, 7) is 3.55. The molecule has 1 heterocycles. The lowest BCUT2D eigenvalue weighted by atomic mass is 10.0. The van der Waals surface area contributed by atoms with Gasteiger partial charge in [0.2, 0.25) is 5.91 Å². The Kier molecular flexibility index (Phi) is 4.88. The number of hydrogen-bond acceptors (Lipinski definition) is 2. The van der Waals surface area contributed by atoms with E-state index in [2.05, 4.69) is 10.6 Å². The Morgan fingerprint density at radius 1 is 1.23 bits per heavy atom. The largest absolute Gasteiger partial charge is 0.348 e. The van der Waals surface area contributed by atoms with Gasteiger partial charge in [-0.3, -0.25) is 4.79 Å². The molecule has 3 rings (SSSR count). The molecule has 3 amide bonds. The number of nitrogens with zero attached hydrogens (tertiary/aromatic N) is 1. The topological polar surface area (TPSA) is 61.4 Å². The minimum Gasteiger partial charge on any atom is -0.348 e. The molecule has 2 aromatic carbocycles. The van der Waals surface area contributed by atoms with Crippen LogP contribution < -0.4 is 10.6 Å². The third-order valence-electron chi connectivity index (χ3n) is 4.37. The van der Waals surface area contributed by atoms with Crippen molar-refractivity contribution in [3.05, 3.63) is 64.7 Å². The number of aryl methyl sites for hydroxylation is 1. The number of fused-ring (bicyclic) bond motifs is 1. The van der Waals surface area contributed by atoms with E-state index in [4.69, 9.17) is 0 Å². The van der Waals surface area contributed by atoms with Crippen molar-refractivity contribution in [1.82, 2.24) is 10.2 Å². The van der Waals surface area contributed by atoms with E-state index in [1.165, 1.54) is 35.2 Å². The van der Waals surface area contributed by atoms with Gasteiger partial charge in [0.05, 0.1) is 12.6 Å². The fourth-order valence-corrected chi connectivity index (χ4v) is 3.08. The first-order valence-electron chi connectivity index (χ1n) is 8.23. The average molecular weight is 359 g/mol. The maximum absolute atomic E-state index is 13.4. The quantitative estimate of drug-likeness (QED) is 0.878. The van der Waals surface area contributed by atoms with Gasteiger partial charge in [-0.05, 0) is 60.9 Å². The van der Waals surface area contributed by atoms with Crippen LogP contribution in [0.1, 0.15) is 29.7 Å². The summed E-state index contributed by atoms with van der Waals surface area (Å²) in [6.07, 6.45) is 0. The van der Waals surface area contributed by atoms with Gasteiger partial charge in [0, 0.05) is 5.69 Å². The van der Waals surface area contributed by atoms with Gasteiger partial charge in [-0.2, -0.15) is 0 Å². The van der Waals surface area contributed by atoms with Crippen LogP contribution in [0.3, 0.4) is 0 Å². The molecule has 0 fully saturated rings. The smallest absolute Gasteiger partial charge is 0.322 e. The SMILES string of the molecule is Cc1cc(F)ccc1[C@H](C)NC(=O)CN1Cc2cc(F)ccc2NC1=O. The summed E-state index contributed by atoms with van der Waals surface area (Å²) in [5, 5.41) is 5.44. The second-order valence-electron chi connectivity index (χ2n) is 6.38. The van der Waals surface area contributed by atoms with Gasteiger partial charge < -0.3 is 15.5 Å². The fourth-order valence-electron chi connectivity index (χ4n) is 3.08. The number of anilines is 1. The monoisotopic (exact) mass is 359 g/mol. The van der Waals surface area contributed by atoms with Crippen LogP contribution in [0.15, 0.2) is 36.4 Å². The van der Waals surface area contributed by atoms with Crippen molar-refractivity contribution in [2.75, 3.05) is 11.9 Å². The van der Waals surface area contributed by atoms with Gasteiger partial charge in [0.1, 0.15) is 18.2 Å². The molecule has 5 nitrogen and oxygen atoms in total. The predicted molar refractivity (Wildman–Crippen MR) is 93.5 cm³/mol. The molecular formula is C19H19F2N3O2. The van der Waals surface area contributed by atoms with Crippen LogP contribution in [0.25, 0.3) is 0 Å². The summed E-state index contributed by atoms with van der Waals surface area (Å²) in [7, 11) is 0. The Labute approximate surface area is 150 Å². The van der Waals surface area contributed by atoms with Crippen molar-refractivity contribution >= 4 is 17.6 Å². The number of carbonyl (C=O) groups excluding carboxylic acids is 2. The maximum atomic E-state index is 13.4. The van der Waals surface area contributed by atoms with E-state index in [1.54, 1.807) is 19.9 Å². The zero-order valence-corrected chi connectivity index (χ0v) is 14.5. The second-order valence-corrected chi connectivity index (χ2v) is 6.38. The molecule has 0 aromatic heterocycles. The third-order valence-corrected chi connectivity index (χ3v) is 4.37. The van der Waals surface area contributed by atoms with E-state index in [0.717, 1.165) is 11.1 Å². The number of benzene rings is 2. The van der Waals surface area contributed by atoms with E-state index < -0.39 is 11.8 Å². The number of amides is 3. The Morgan fingerprint density at radius 3 is 2.65 bits per heavy atom. The number of urea groups is 1. The van der Waals surface area contributed by atoms with E-state index in [1.807, 2.05) is 0 Å². The molecule has 1 aliphatic heterocycles. The van der Waals surface area contributed by atoms with Crippen molar-refractivity contribution in [2.45, 2.75) is 26.4 Å². The van der Waals surface area contributed by atoms with Crippen molar-refractivity contribution < 1.29 is 18.4 Å². The summed E-state index contributed by atoms with van der Waals surface area (Å²) < 4.78 is 26.6. The average Bonchev–Trinajstić information content (AvgIpc) is 2.55. The number of nitrogens with one attached hydrogen (secondary N) is 2. The lowest BCUT2D eigenvalue weighted by molar-refractivity contribution is -0.122. The minimum atomic E-state index is -0.412. The van der Waals surface area contributed by atoms with Gasteiger partial charge in [0.25, 0.3) is 0 Å². The first-order chi connectivity index (χ1) is 12.3. The molecule has 26 heavy (non-hydrogen) atoms. The number of rotatable bonds is 4. The van der Waals surface area contributed by atoms with E-state index >= 15 is 0 Å². The molecular weight excluding hydrogens is 340 g/mol. The molecule has 0 saturated heterocycles. The minimum absolute atomic E-state index is 0.149. The van der Waals surface area contributed by atoms with Crippen LogP contribution in [0.5, 0.6) is 0 Å². The highest BCUT2D eigenvalue weighted by atomic mass is 19.1. The molecule has 7 heteroatoms. The molecule has 0 radical (unpaired) electrons. The second kappa shape index (κ2) is 7.11. The molecule has 0 aliphatic carbocycles. The summed E-state index contributed by atoms with van der Waals surface area (Å²) in [6, 6.07) is 7.74. The summed E-state index contributed by atoms with van der Waals surface area (Å²) in [5.41, 5.74) is 2.69. The molecule has 2 N–H and O–H groups in total. The van der Waals surface area contributed by atoms with Crippen LogP contribution in [0.4, 0.5) is 19.3 Å². The van der Waals surface area contributed by atoms with Crippen LogP contribution >= 0.6 is 0 Å². The van der Waals surface area contributed by atoms with Gasteiger partial charge in [-0.1, -0.05) is 6.07 Å². The van der Waals surface area contributed by atoms with E-state index in [-0.39, 0.29) is 30.9 Å². The van der Waals surface area contributed by atoms with Crippen molar-refractivity contribution in [3.63, 3.8) is 0 Å². The lowest BCUT2D eigenvalue weighted by Gasteiger charge is -2.29. The van der Waals surface area contributed by atoms with Gasteiger partial charge in [0.15, 0.2) is 0 Å². The molecule has 0 saturated carbocycles. The van der Waals surface area contributed by atoms with E-state index in [9.17, 15) is 18.4 Å². The summed E-state index contributed by atoms with van der Waals surface area (Å²) in [5.74, 6) is -1.08. The number of halogens is 2. The molecule has 0 unspecified atom stereocenters. The molecule has 1 atom stereocenters. The third kappa shape index (κ3) is 3.82. The normalized spacial score (nSPS) is 14.5. The summed E-state index contributed by atoms with van der Waals surface area (Å²) >= 11 is 0. The summed E-state index contributed by atoms with van der Waals surface area (Å²) in [4.78, 5) is 25.7. The Balaban J connectivity index is 1.65. The Morgan fingerprint density at radius 2 is 1.92 bits per heavy atom. The van der Waals surface area contributed by atoms with Crippen LogP contribution in [-0.4, -0.2) is 23.4 Å². The van der Waals surface area contributed by atoms with Gasteiger partial charge in [-0.25, -0.2) is 13.6 Å². The molecule has 136 valence electrons. The predicted octanol–water partition coefficient (Wildman–Crippen LogP) is 3.50. The molecule has 1 aliphatic rings. The zero-order chi connectivity index (χ0) is 18.8. The molecule has 0 spiro atoms.